The van der Waals surface area contributed by atoms with Crippen LogP contribution in [0.25, 0.3) is 11.1 Å². The smallest absolute Gasteiger partial charge is 0.394 e. The molecule has 0 radical (unpaired) electrons. The molecule has 2 aliphatic rings. The molecule has 0 bridgehead atoms. The van der Waals surface area contributed by atoms with Crippen molar-refractivity contribution in [3.63, 3.8) is 0 Å². The summed E-state index contributed by atoms with van der Waals surface area (Å²) in [5.74, 6) is -0.835. The van der Waals surface area contributed by atoms with Gasteiger partial charge in [-0.15, -0.1) is 24.8 Å². The number of anilines is 2. The highest BCUT2D eigenvalue weighted by Gasteiger charge is 2.42. The molecule has 3 heterocycles. The van der Waals surface area contributed by atoms with Crippen molar-refractivity contribution in [2.24, 2.45) is 0 Å². The second-order valence-corrected chi connectivity index (χ2v) is 12.5. The summed E-state index contributed by atoms with van der Waals surface area (Å²) in [5.41, 5.74) is -3.71. The monoisotopic (exact) mass is 740 g/mol. The molecule has 3 aromatic rings. The van der Waals surface area contributed by atoms with Crippen LogP contribution in [0.3, 0.4) is 0 Å². The van der Waals surface area contributed by atoms with E-state index in [0.717, 1.165) is 11.4 Å². The lowest BCUT2D eigenvalue weighted by Crippen LogP contribution is -2.63. The number of pyridine rings is 1. The van der Waals surface area contributed by atoms with Crippen LogP contribution < -0.4 is 9.80 Å². The van der Waals surface area contributed by atoms with E-state index in [9.17, 15) is 40.6 Å². The number of aryl methyl sites for hydroxylation is 1. The van der Waals surface area contributed by atoms with Crippen molar-refractivity contribution < 1.29 is 45.4 Å². The van der Waals surface area contributed by atoms with E-state index in [-0.39, 0.29) is 55.3 Å². The molecule has 0 saturated carbocycles. The van der Waals surface area contributed by atoms with Gasteiger partial charge in [0.05, 0.1) is 60.3 Å². The molecule has 16 heteroatoms. The largest absolute Gasteiger partial charge is 0.416 e. The lowest BCUT2D eigenvalue weighted by atomic mass is 9.81. The molecule has 2 fully saturated rings. The molecule has 2 aromatic carbocycles. The summed E-state index contributed by atoms with van der Waals surface area (Å²) in [5, 5.41) is 10.3. The number of fused-ring (bicyclic) bond motifs is 1. The third kappa shape index (κ3) is 8.25. The van der Waals surface area contributed by atoms with Gasteiger partial charge in [0.25, 0.3) is 0 Å². The van der Waals surface area contributed by atoms with Crippen molar-refractivity contribution in [1.82, 2.24) is 9.88 Å². The van der Waals surface area contributed by atoms with Crippen molar-refractivity contribution in [2.75, 3.05) is 56.3 Å². The molecule has 1 amide bonds. The van der Waals surface area contributed by atoms with Crippen molar-refractivity contribution in [1.29, 1.82) is 0 Å². The second kappa shape index (κ2) is 15.0. The Bertz CT molecular complexity index is 1620. The molecule has 5 rings (SSSR count). The van der Waals surface area contributed by atoms with Gasteiger partial charge in [0.2, 0.25) is 5.91 Å². The van der Waals surface area contributed by atoms with E-state index < -0.39 is 46.2 Å². The van der Waals surface area contributed by atoms with Gasteiger partial charge < -0.3 is 19.6 Å². The van der Waals surface area contributed by atoms with Crippen molar-refractivity contribution in [2.45, 2.75) is 50.6 Å². The van der Waals surface area contributed by atoms with E-state index in [1.807, 2.05) is 4.90 Å². The maximum absolute atomic E-state index is 14.2. The van der Waals surface area contributed by atoms with Crippen LogP contribution in [0.15, 0.2) is 48.7 Å². The minimum absolute atomic E-state index is 0. The summed E-state index contributed by atoms with van der Waals surface area (Å²) in [7, 11) is 1.36. The van der Waals surface area contributed by atoms with E-state index >= 15 is 0 Å². The molecule has 49 heavy (non-hydrogen) atoms. The summed E-state index contributed by atoms with van der Waals surface area (Å²) in [6.07, 6.45) is -8.78. The molecule has 2 aliphatic heterocycles. The average Bonchev–Trinajstić information content (AvgIpc) is 3.02. The Kier molecular flexibility index (Phi) is 12.3. The number of ether oxygens (including phenoxy) is 1. The Morgan fingerprint density at radius 1 is 0.959 bits per heavy atom. The molecule has 2 atom stereocenters. The van der Waals surface area contributed by atoms with Crippen LogP contribution in [0, 0.1) is 12.7 Å². The first kappa shape index (κ1) is 40.3. The van der Waals surface area contributed by atoms with Gasteiger partial charge in [-0.1, -0.05) is 6.07 Å². The van der Waals surface area contributed by atoms with E-state index in [1.165, 1.54) is 45.3 Å². The Hall–Kier alpha value is -3.17. The van der Waals surface area contributed by atoms with Crippen LogP contribution in [0.1, 0.15) is 36.1 Å². The maximum Gasteiger partial charge on any atom is 0.416 e. The van der Waals surface area contributed by atoms with Gasteiger partial charge in [-0.2, -0.15) is 26.3 Å². The number of aliphatic hydroxyl groups excluding tert-OH is 1. The highest BCUT2D eigenvalue weighted by atomic mass is 35.5. The number of rotatable bonds is 6. The fraction of sp³-hybridized carbons (Fsp3) is 0.455. The minimum atomic E-state index is -5.09. The number of piperazine rings is 1. The third-order valence-electron chi connectivity index (χ3n) is 9.01. The molecule has 0 spiro atoms. The number of aromatic nitrogens is 1. The second-order valence-electron chi connectivity index (χ2n) is 12.5. The van der Waals surface area contributed by atoms with Crippen molar-refractivity contribution in [3.8, 4) is 11.1 Å². The number of hydrogen-bond donors (Lipinski definition) is 1. The first-order chi connectivity index (χ1) is 21.9. The molecule has 1 aromatic heterocycles. The number of alkyl halides is 6. The number of aliphatic hydroxyl groups is 1. The van der Waals surface area contributed by atoms with Crippen molar-refractivity contribution in [3.05, 3.63) is 76.7 Å². The molecule has 0 unspecified atom stereocenters. The summed E-state index contributed by atoms with van der Waals surface area (Å²) in [4.78, 5) is 24.0. The maximum atomic E-state index is 14.2. The van der Waals surface area contributed by atoms with Gasteiger partial charge in [-0.05, 0) is 73.9 Å². The van der Waals surface area contributed by atoms with Crippen LogP contribution in [-0.2, 0) is 27.3 Å². The Morgan fingerprint density at radius 2 is 1.57 bits per heavy atom. The fourth-order valence-electron chi connectivity index (χ4n) is 6.25. The first-order valence-corrected chi connectivity index (χ1v) is 15.0. The van der Waals surface area contributed by atoms with Crippen LogP contribution in [0.4, 0.5) is 42.2 Å². The number of carbonyl (C=O) groups is 1. The number of halogens is 9. The zero-order valence-electron chi connectivity index (χ0n) is 27.0. The van der Waals surface area contributed by atoms with Crippen LogP contribution in [0.5, 0.6) is 0 Å². The van der Waals surface area contributed by atoms with Gasteiger partial charge in [0.15, 0.2) is 0 Å². The highest BCUT2D eigenvalue weighted by molar-refractivity contribution is 6.03. The number of nitrogens with zero attached hydrogens (tertiary/aromatic N) is 4. The van der Waals surface area contributed by atoms with Gasteiger partial charge in [0.1, 0.15) is 11.6 Å². The average molecular weight is 742 g/mol. The summed E-state index contributed by atoms with van der Waals surface area (Å²) >= 11 is 0. The number of morpholine rings is 1. The van der Waals surface area contributed by atoms with Gasteiger partial charge in [-0.3, -0.25) is 9.69 Å². The topological polar surface area (TPSA) is 69.1 Å². The lowest BCUT2D eigenvalue weighted by Gasteiger charge is -2.48. The lowest BCUT2D eigenvalue weighted by molar-refractivity contribution is -0.143. The van der Waals surface area contributed by atoms with E-state index in [2.05, 4.69) is 9.88 Å². The molecular formula is C33H37Cl2F7N4O3. The molecule has 270 valence electrons. The van der Waals surface area contributed by atoms with E-state index in [1.54, 1.807) is 13.0 Å². The highest BCUT2D eigenvalue weighted by Crippen LogP contribution is 2.41. The van der Waals surface area contributed by atoms with Gasteiger partial charge in [0, 0.05) is 32.2 Å². The Balaban J connectivity index is 0.00000325. The number of likely N-dealkylation sites (N-methyl/N-ethyl adjacent to an activating group) is 1. The SMILES string of the molecule is Cc1cc(F)ccc1-c1cc(N2C[C@H]3COCCN3C[C@H]2CO)ncc1N(C)C(=O)C(C)(C)c1cc(C(F)(F)F)cc(C(F)(F)F)c1.Cl.Cl. The zero-order chi connectivity index (χ0) is 34.5. The van der Waals surface area contributed by atoms with Crippen LogP contribution >= 0.6 is 24.8 Å². The first-order valence-electron chi connectivity index (χ1n) is 15.0. The van der Waals surface area contributed by atoms with Crippen LogP contribution in [-0.4, -0.2) is 79.5 Å². The standard InChI is InChI=1S/C33H35F7N4O3.2ClH/c1-19-9-23(34)5-6-26(19)27-13-29(44-16-25-18-47-8-7-43(25)15-24(44)17-45)41-14-28(27)42(4)30(46)31(2,3)20-10-21(32(35,36)37)12-22(11-20)33(38,39)40;;/h5-6,9-14,24-25,45H,7-8,15-18H2,1-4H3;2*1H/t24-,25-;;/m0../s1. The predicted octanol–water partition coefficient (Wildman–Crippen LogP) is 6.90. The van der Waals surface area contributed by atoms with E-state index in [0.29, 0.717) is 60.9 Å². The summed E-state index contributed by atoms with van der Waals surface area (Å²) in [6.45, 7) is 6.86. The molecule has 0 aliphatic carbocycles. The normalized spacial score (nSPS) is 18.7. The van der Waals surface area contributed by atoms with Gasteiger partial charge in [-0.25, -0.2) is 9.37 Å². The van der Waals surface area contributed by atoms with Crippen LogP contribution in [0.2, 0.25) is 0 Å². The number of amides is 1. The third-order valence-corrected chi connectivity index (χ3v) is 9.01. The number of hydrogen-bond acceptors (Lipinski definition) is 6. The molecule has 2 saturated heterocycles. The number of carbonyl (C=O) groups excluding carboxylic acids is 1. The molecular weight excluding hydrogens is 704 g/mol. The van der Waals surface area contributed by atoms with Gasteiger partial charge >= 0.3 is 12.4 Å². The molecule has 1 N–H and O–H groups in total. The summed E-state index contributed by atoms with van der Waals surface area (Å²) < 4.78 is 102. The van der Waals surface area contributed by atoms with E-state index in [4.69, 9.17) is 4.74 Å². The van der Waals surface area contributed by atoms with Crippen molar-refractivity contribution >= 4 is 42.2 Å². The predicted molar refractivity (Wildman–Crippen MR) is 176 cm³/mol. The number of benzene rings is 2. The molecule has 7 nitrogen and oxygen atoms in total. The quantitative estimate of drug-likeness (QED) is 0.278. The zero-order valence-corrected chi connectivity index (χ0v) is 28.7. The Labute approximate surface area is 291 Å². The summed E-state index contributed by atoms with van der Waals surface area (Å²) in [6, 6.07) is 6.62. The minimum Gasteiger partial charge on any atom is -0.394 e. The fourth-order valence-corrected chi connectivity index (χ4v) is 6.25. The Morgan fingerprint density at radius 3 is 2.14 bits per heavy atom.